The van der Waals surface area contributed by atoms with Crippen molar-refractivity contribution >= 4 is 41.4 Å². The van der Waals surface area contributed by atoms with Crippen LogP contribution in [0.15, 0.2) is 42.5 Å². The lowest BCUT2D eigenvalue weighted by Crippen LogP contribution is -2.62. The van der Waals surface area contributed by atoms with Crippen molar-refractivity contribution in [3.8, 4) is 0 Å². The number of halogens is 1. The van der Waals surface area contributed by atoms with Crippen molar-refractivity contribution < 1.29 is 68.1 Å². The molecule has 256 valence electrons. The number of ether oxygens (including phenoxy) is 5. The minimum absolute atomic E-state index is 0.0604. The number of esters is 5. The third-order valence-corrected chi connectivity index (χ3v) is 7.80. The van der Waals surface area contributed by atoms with E-state index < -0.39 is 84.3 Å². The molecule has 47 heavy (non-hydrogen) atoms. The average molecular weight is 681 g/mol. The molecule has 2 aromatic rings. The maximum Gasteiger partial charge on any atom is 0.303 e. The second kappa shape index (κ2) is 14.8. The number of carbonyl (C=O) groups is 5. The van der Waals surface area contributed by atoms with Crippen LogP contribution in [0.4, 0.5) is 0 Å². The lowest BCUT2D eigenvalue weighted by molar-refractivity contribution is -0.222. The van der Waals surface area contributed by atoms with Crippen LogP contribution in [0, 0.1) is 5.92 Å². The Bertz CT molecular complexity index is 1500. The summed E-state index contributed by atoms with van der Waals surface area (Å²) in [5.74, 6) is -11.6. The summed E-state index contributed by atoms with van der Waals surface area (Å²) in [4.78, 5) is 61.4. The molecule has 0 bridgehead atoms. The number of hydrogen-bond acceptors (Lipinski definition) is 14. The fraction of sp³-hybridized carbons (Fsp3) is 0.469. The number of carbonyl (C=O) groups excluding carboxylic acids is 5. The summed E-state index contributed by atoms with van der Waals surface area (Å²) in [6.07, 6.45) is -5.88. The smallest absolute Gasteiger partial charge is 0.303 e. The standard InChI is InChI=1S/C32H37ClO14/c1-15(34)43-14-23-27(44-16(2)35)26(29(46-18(4)37)30(47-19(5)38)28(23)45-17(3)36)20-7-12-25(33)24(13-20)32(41,42)22-10-8-21(9-11-22)31(6,39)40/h7-13,23,26-30,39-42H,14H2,1-6H3. The highest BCUT2D eigenvalue weighted by Crippen LogP contribution is 2.45. The van der Waals surface area contributed by atoms with E-state index in [0.717, 1.165) is 41.5 Å². The molecule has 0 aliphatic heterocycles. The lowest BCUT2D eigenvalue weighted by atomic mass is 9.70. The Balaban J connectivity index is 2.30. The lowest BCUT2D eigenvalue weighted by Gasteiger charge is -2.48. The fourth-order valence-electron chi connectivity index (χ4n) is 5.61. The first-order valence-electron chi connectivity index (χ1n) is 14.4. The SMILES string of the molecule is CC(=O)OCC1C(OC(C)=O)C(OC(C)=O)C(OC(C)=O)C(c2ccc(Cl)c(C(O)(O)c3ccc(C(C)(O)O)cc3)c2)C1OC(C)=O. The summed E-state index contributed by atoms with van der Waals surface area (Å²) in [6, 6.07) is 8.98. The first-order chi connectivity index (χ1) is 21.7. The molecule has 3 rings (SSSR count). The summed E-state index contributed by atoms with van der Waals surface area (Å²) >= 11 is 6.45. The average Bonchev–Trinajstić information content (AvgIpc) is 2.93. The largest absolute Gasteiger partial charge is 0.465 e. The molecule has 0 radical (unpaired) electrons. The summed E-state index contributed by atoms with van der Waals surface area (Å²) in [5, 5.41) is 42.4. The predicted molar refractivity (Wildman–Crippen MR) is 160 cm³/mol. The van der Waals surface area contributed by atoms with Crippen molar-refractivity contribution in [1.82, 2.24) is 0 Å². The summed E-state index contributed by atoms with van der Waals surface area (Å²) < 4.78 is 27.7. The van der Waals surface area contributed by atoms with Gasteiger partial charge in [0.2, 0.25) is 5.79 Å². The number of benzene rings is 2. The minimum Gasteiger partial charge on any atom is -0.465 e. The van der Waals surface area contributed by atoms with E-state index in [2.05, 4.69) is 0 Å². The summed E-state index contributed by atoms with van der Waals surface area (Å²) in [5.41, 5.74) is -0.214. The minimum atomic E-state index is -2.79. The van der Waals surface area contributed by atoms with Crippen LogP contribution < -0.4 is 0 Å². The molecule has 14 nitrogen and oxygen atoms in total. The second-order valence-corrected chi connectivity index (χ2v) is 11.7. The first kappa shape index (κ1) is 37.4. The van der Waals surface area contributed by atoms with Gasteiger partial charge >= 0.3 is 29.8 Å². The molecule has 4 N–H and O–H groups in total. The Morgan fingerprint density at radius 2 is 1.13 bits per heavy atom. The van der Waals surface area contributed by atoms with Crippen molar-refractivity contribution in [3.63, 3.8) is 0 Å². The third kappa shape index (κ3) is 9.05. The van der Waals surface area contributed by atoms with Crippen molar-refractivity contribution in [2.45, 2.75) is 83.5 Å². The number of hydrogen-bond donors (Lipinski definition) is 4. The molecule has 1 aliphatic carbocycles. The van der Waals surface area contributed by atoms with Gasteiger partial charge in [0.15, 0.2) is 24.1 Å². The zero-order valence-corrected chi connectivity index (χ0v) is 27.2. The molecule has 0 heterocycles. The molecule has 1 fully saturated rings. The zero-order chi connectivity index (χ0) is 35.4. The number of aliphatic hydroxyl groups is 4. The van der Waals surface area contributed by atoms with E-state index in [4.69, 9.17) is 35.3 Å². The summed E-state index contributed by atoms with van der Waals surface area (Å²) in [7, 11) is 0. The van der Waals surface area contributed by atoms with Gasteiger partial charge in [0.05, 0.1) is 11.8 Å². The molecule has 6 unspecified atom stereocenters. The van der Waals surface area contributed by atoms with Crippen molar-refractivity contribution in [2.24, 2.45) is 5.92 Å². The molecule has 1 aliphatic rings. The van der Waals surface area contributed by atoms with Gasteiger partial charge in [0.25, 0.3) is 0 Å². The van der Waals surface area contributed by atoms with Crippen molar-refractivity contribution in [1.29, 1.82) is 0 Å². The molecule has 6 atom stereocenters. The van der Waals surface area contributed by atoms with Crippen LogP contribution in [-0.4, -0.2) is 81.3 Å². The van der Waals surface area contributed by atoms with Crippen LogP contribution in [-0.2, 0) is 59.2 Å². The Hall–Kier alpha value is -4.08. The quantitative estimate of drug-likeness (QED) is 0.160. The van der Waals surface area contributed by atoms with E-state index in [-0.39, 0.29) is 27.3 Å². The van der Waals surface area contributed by atoms with Gasteiger partial charge < -0.3 is 44.1 Å². The Kier molecular flexibility index (Phi) is 11.8. The predicted octanol–water partition coefficient (Wildman–Crippen LogP) is 1.69. The summed E-state index contributed by atoms with van der Waals surface area (Å²) in [6.45, 7) is 6.04. The molecule has 2 aromatic carbocycles. The first-order valence-corrected chi connectivity index (χ1v) is 14.7. The molecule has 0 aromatic heterocycles. The van der Waals surface area contributed by atoms with Crippen molar-refractivity contribution in [3.05, 3.63) is 69.7 Å². The molecule has 15 heteroatoms. The van der Waals surface area contributed by atoms with Gasteiger partial charge in [-0.2, -0.15) is 0 Å². The van der Waals surface area contributed by atoms with Gasteiger partial charge in [-0.1, -0.05) is 41.9 Å². The van der Waals surface area contributed by atoms with Gasteiger partial charge in [-0.3, -0.25) is 24.0 Å². The Labute approximate surface area is 275 Å². The van der Waals surface area contributed by atoms with Gasteiger partial charge in [0.1, 0.15) is 12.7 Å². The maximum absolute atomic E-state index is 12.5. The van der Waals surface area contributed by atoms with Crippen LogP contribution >= 0.6 is 11.6 Å². The molecule has 1 saturated carbocycles. The zero-order valence-electron chi connectivity index (χ0n) is 26.5. The third-order valence-electron chi connectivity index (χ3n) is 7.47. The topological polar surface area (TPSA) is 212 Å². The van der Waals surface area contributed by atoms with E-state index >= 15 is 0 Å². The highest BCUT2D eigenvalue weighted by molar-refractivity contribution is 6.31. The van der Waals surface area contributed by atoms with Crippen LogP contribution in [0.25, 0.3) is 0 Å². The Morgan fingerprint density at radius 1 is 0.660 bits per heavy atom. The highest BCUT2D eigenvalue weighted by Gasteiger charge is 2.58. The van der Waals surface area contributed by atoms with Crippen molar-refractivity contribution in [2.75, 3.05) is 6.61 Å². The van der Waals surface area contributed by atoms with Gasteiger partial charge in [-0.05, 0) is 24.6 Å². The van der Waals surface area contributed by atoms with Gasteiger partial charge in [0, 0.05) is 56.3 Å². The van der Waals surface area contributed by atoms with E-state index in [9.17, 15) is 44.4 Å². The molecule has 0 amide bonds. The Morgan fingerprint density at radius 3 is 1.62 bits per heavy atom. The van der Waals surface area contributed by atoms with Crippen LogP contribution in [0.3, 0.4) is 0 Å². The van der Waals surface area contributed by atoms with E-state index in [1.54, 1.807) is 0 Å². The van der Waals surface area contributed by atoms with E-state index in [0.29, 0.717) is 0 Å². The molecule has 0 spiro atoms. The maximum atomic E-state index is 12.5. The van der Waals surface area contributed by atoms with Crippen LogP contribution in [0.5, 0.6) is 0 Å². The van der Waals surface area contributed by atoms with Crippen LogP contribution in [0.1, 0.15) is 69.7 Å². The van der Waals surface area contributed by atoms with E-state index in [1.165, 1.54) is 42.5 Å². The number of rotatable bonds is 10. The molecular formula is C32H37ClO14. The monoisotopic (exact) mass is 680 g/mol. The van der Waals surface area contributed by atoms with E-state index in [1.807, 2.05) is 0 Å². The fourth-order valence-corrected chi connectivity index (χ4v) is 5.85. The highest BCUT2D eigenvalue weighted by atomic mass is 35.5. The van der Waals surface area contributed by atoms with Gasteiger partial charge in [-0.15, -0.1) is 0 Å². The molecule has 0 saturated heterocycles. The van der Waals surface area contributed by atoms with Gasteiger partial charge in [-0.25, -0.2) is 0 Å². The normalized spacial score (nSPS) is 22.9. The molecular weight excluding hydrogens is 644 g/mol. The second-order valence-electron chi connectivity index (χ2n) is 11.3. The van der Waals surface area contributed by atoms with Crippen LogP contribution in [0.2, 0.25) is 5.02 Å².